The zero-order chi connectivity index (χ0) is 15.7. The second-order valence-corrected chi connectivity index (χ2v) is 6.13. The van der Waals surface area contributed by atoms with Gasteiger partial charge in [-0.25, -0.2) is 4.98 Å². The molecule has 2 atom stereocenters. The standard InChI is InChI=1S/C16H25N5O/c1-11-15(12(2)21(4)19-11)16-13(5-8-22-16)9-17-10-14-18-6-7-20(14)3/h6-7,13,16-17H,5,8-10H2,1-4H3/t13-,16-/m0/s1. The highest BCUT2D eigenvalue weighted by Gasteiger charge is 2.33. The zero-order valence-corrected chi connectivity index (χ0v) is 13.8. The number of hydrogen-bond acceptors (Lipinski definition) is 4. The molecule has 1 saturated heterocycles. The predicted molar refractivity (Wildman–Crippen MR) is 84.4 cm³/mol. The Balaban J connectivity index is 1.65. The Labute approximate surface area is 131 Å². The van der Waals surface area contributed by atoms with Crippen LogP contribution < -0.4 is 5.32 Å². The highest BCUT2D eigenvalue weighted by Crippen LogP contribution is 2.37. The van der Waals surface area contributed by atoms with Gasteiger partial charge in [0.15, 0.2) is 0 Å². The van der Waals surface area contributed by atoms with Crippen molar-refractivity contribution in [3.63, 3.8) is 0 Å². The lowest BCUT2D eigenvalue weighted by Gasteiger charge is -2.20. The van der Waals surface area contributed by atoms with Crippen molar-refractivity contribution in [2.24, 2.45) is 20.0 Å². The van der Waals surface area contributed by atoms with Crippen molar-refractivity contribution in [2.75, 3.05) is 13.2 Å². The third-order valence-electron chi connectivity index (χ3n) is 4.67. The summed E-state index contributed by atoms with van der Waals surface area (Å²) >= 11 is 0. The molecule has 1 N–H and O–H groups in total. The highest BCUT2D eigenvalue weighted by atomic mass is 16.5. The summed E-state index contributed by atoms with van der Waals surface area (Å²) in [5, 5.41) is 8.05. The van der Waals surface area contributed by atoms with Crippen molar-refractivity contribution in [2.45, 2.75) is 32.9 Å². The van der Waals surface area contributed by atoms with E-state index in [-0.39, 0.29) is 6.10 Å². The van der Waals surface area contributed by atoms with Gasteiger partial charge in [0.05, 0.1) is 18.3 Å². The fourth-order valence-corrected chi connectivity index (χ4v) is 3.30. The third-order valence-corrected chi connectivity index (χ3v) is 4.67. The van der Waals surface area contributed by atoms with Gasteiger partial charge in [-0.3, -0.25) is 4.68 Å². The number of nitrogens with zero attached hydrogens (tertiary/aromatic N) is 4. The molecule has 0 amide bonds. The minimum absolute atomic E-state index is 0.155. The fraction of sp³-hybridized carbons (Fsp3) is 0.625. The molecule has 22 heavy (non-hydrogen) atoms. The molecule has 120 valence electrons. The Bertz CT molecular complexity index is 645. The average molecular weight is 303 g/mol. The van der Waals surface area contributed by atoms with Crippen LogP contribution in [0.3, 0.4) is 0 Å². The Morgan fingerprint density at radius 3 is 2.82 bits per heavy atom. The van der Waals surface area contributed by atoms with Crippen LogP contribution in [0.2, 0.25) is 0 Å². The van der Waals surface area contributed by atoms with Gasteiger partial charge < -0.3 is 14.6 Å². The Hall–Kier alpha value is -1.66. The largest absolute Gasteiger partial charge is 0.373 e. The quantitative estimate of drug-likeness (QED) is 0.912. The average Bonchev–Trinajstić information content (AvgIpc) is 3.14. The molecule has 0 bridgehead atoms. The summed E-state index contributed by atoms with van der Waals surface area (Å²) in [6.45, 7) is 6.74. The van der Waals surface area contributed by atoms with Crippen molar-refractivity contribution in [1.82, 2.24) is 24.6 Å². The molecular weight excluding hydrogens is 278 g/mol. The summed E-state index contributed by atoms with van der Waals surface area (Å²) in [5.74, 6) is 1.55. The summed E-state index contributed by atoms with van der Waals surface area (Å²) in [7, 11) is 4.02. The molecule has 1 fully saturated rings. The van der Waals surface area contributed by atoms with Crippen molar-refractivity contribution in [3.8, 4) is 0 Å². The van der Waals surface area contributed by atoms with Crippen molar-refractivity contribution < 1.29 is 4.74 Å². The van der Waals surface area contributed by atoms with E-state index in [0.717, 1.165) is 37.6 Å². The van der Waals surface area contributed by atoms with Crippen LogP contribution in [0, 0.1) is 19.8 Å². The normalized spacial score (nSPS) is 21.6. The van der Waals surface area contributed by atoms with Crippen molar-refractivity contribution >= 4 is 0 Å². The first kappa shape index (κ1) is 15.2. The lowest BCUT2D eigenvalue weighted by molar-refractivity contribution is 0.0893. The van der Waals surface area contributed by atoms with Crippen molar-refractivity contribution in [1.29, 1.82) is 0 Å². The molecule has 0 aliphatic carbocycles. The van der Waals surface area contributed by atoms with Crippen LogP contribution in [-0.4, -0.2) is 32.5 Å². The van der Waals surface area contributed by atoms with Gasteiger partial charge >= 0.3 is 0 Å². The molecule has 0 saturated carbocycles. The maximum atomic E-state index is 6.02. The molecule has 3 heterocycles. The second-order valence-electron chi connectivity index (χ2n) is 6.13. The van der Waals surface area contributed by atoms with E-state index in [1.807, 2.05) is 35.7 Å². The minimum atomic E-state index is 0.155. The van der Waals surface area contributed by atoms with E-state index in [1.165, 1.54) is 11.3 Å². The van der Waals surface area contributed by atoms with Gasteiger partial charge in [-0.2, -0.15) is 5.10 Å². The van der Waals surface area contributed by atoms with E-state index in [9.17, 15) is 0 Å². The summed E-state index contributed by atoms with van der Waals surface area (Å²) in [4.78, 5) is 4.34. The number of imidazole rings is 1. The number of aromatic nitrogens is 4. The Morgan fingerprint density at radius 2 is 2.18 bits per heavy atom. The lowest BCUT2D eigenvalue weighted by atomic mass is 9.94. The Kier molecular flexibility index (Phi) is 4.31. The van der Waals surface area contributed by atoms with E-state index < -0.39 is 0 Å². The molecule has 1 aliphatic rings. The second kappa shape index (κ2) is 6.22. The maximum Gasteiger partial charge on any atom is 0.122 e. The molecule has 0 unspecified atom stereocenters. The topological polar surface area (TPSA) is 56.9 Å². The number of hydrogen-bond donors (Lipinski definition) is 1. The van der Waals surface area contributed by atoms with Crippen LogP contribution in [0.15, 0.2) is 12.4 Å². The lowest BCUT2D eigenvalue weighted by Crippen LogP contribution is -2.26. The molecule has 1 aliphatic heterocycles. The fourth-order valence-electron chi connectivity index (χ4n) is 3.30. The summed E-state index contributed by atoms with van der Waals surface area (Å²) < 4.78 is 10.0. The molecule has 3 rings (SSSR count). The van der Waals surface area contributed by atoms with E-state index in [2.05, 4.69) is 29.2 Å². The van der Waals surface area contributed by atoms with Gasteiger partial charge in [0.25, 0.3) is 0 Å². The Morgan fingerprint density at radius 1 is 1.36 bits per heavy atom. The van der Waals surface area contributed by atoms with Gasteiger partial charge in [0, 0.05) is 56.8 Å². The van der Waals surface area contributed by atoms with Gasteiger partial charge in [0.1, 0.15) is 5.82 Å². The van der Waals surface area contributed by atoms with E-state index in [1.54, 1.807) is 0 Å². The van der Waals surface area contributed by atoms with Crippen LogP contribution >= 0.6 is 0 Å². The number of ether oxygens (including phenoxy) is 1. The van der Waals surface area contributed by atoms with E-state index in [4.69, 9.17) is 4.74 Å². The summed E-state index contributed by atoms with van der Waals surface area (Å²) in [6.07, 6.45) is 5.05. The minimum Gasteiger partial charge on any atom is -0.373 e. The van der Waals surface area contributed by atoms with E-state index in [0.29, 0.717) is 5.92 Å². The zero-order valence-electron chi connectivity index (χ0n) is 13.8. The van der Waals surface area contributed by atoms with Gasteiger partial charge in [0.2, 0.25) is 0 Å². The molecule has 2 aromatic rings. The third kappa shape index (κ3) is 2.80. The molecule has 2 aromatic heterocycles. The van der Waals surface area contributed by atoms with Gasteiger partial charge in [-0.1, -0.05) is 0 Å². The first-order valence-electron chi connectivity index (χ1n) is 7.86. The first-order valence-corrected chi connectivity index (χ1v) is 7.86. The van der Waals surface area contributed by atoms with Crippen LogP contribution in [0.1, 0.15) is 35.3 Å². The first-order chi connectivity index (χ1) is 10.6. The number of nitrogens with one attached hydrogen (secondary N) is 1. The van der Waals surface area contributed by atoms with Crippen LogP contribution in [0.4, 0.5) is 0 Å². The van der Waals surface area contributed by atoms with Crippen molar-refractivity contribution in [3.05, 3.63) is 35.2 Å². The molecule has 6 heteroatoms. The number of aryl methyl sites for hydroxylation is 3. The number of rotatable bonds is 5. The molecule has 0 aromatic carbocycles. The monoisotopic (exact) mass is 303 g/mol. The maximum absolute atomic E-state index is 6.02. The van der Waals surface area contributed by atoms with Gasteiger partial charge in [-0.15, -0.1) is 0 Å². The molecule has 6 nitrogen and oxygen atoms in total. The van der Waals surface area contributed by atoms with Crippen LogP contribution in [0.25, 0.3) is 0 Å². The molecule has 0 radical (unpaired) electrons. The highest BCUT2D eigenvalue weighted by molar-refractivity contribution is 5.28. The van der Waals surface area contributed by atoms with Crippen LogP contribution in [0.5, 0.6) is 0 Å². The molecular formula is C16H25N5O. The predicted octanol–water partition coefficient (Wildman–Crippen LogP) is 1.64. The smallest absolute Gasteiger partial charge is 0.122 e. The SMILES string of the molecule is Cc1nn(C)c(C)c1[C@H]1OCC[C@H]1CNCc1nccn1C. The van der Waals surface area contributed by atoms with Crippen LogP contribution in [-0.2, 0) is 25.4 Å². The van der Waals surface area contributed by atoms with E-state index >= 15 is 0 Å². The summed E-state index contributed by atoms with van der Waals surface area (Å²) in [6, 6.07) is 0. The van der Waals surface area contributed by atoms with Gasteiger partial charge in [-0.05, 0) is 20.3 Å². The summed E-state index contributed by atoms with van der Waals surface area (Å²) in [5.41, 5.74) is 3.56. The molecule has 0 spiro atoms.